The molecule has 1 aliphatic heterocycles. The van der Waals surface area contributed by atoms with E-state index in [1.54, 1.807) is 18.2 Å². The number of ether oxygens (including phenoxy) is 1. The molecule has 2 aromatic carbocycles. The zero-order chi connectivity index (χ0) is 21.1. The molecule has 156 valence electrons. The maximum absolute atomic E-state index is 12.9. The second-order valence-corrected chi connectivity index (χ2v) is 7.89. The third-order valence-electron chi connectivity index (χ3n) is 5.28. The highest BCUT2D eigenvalue weighted by Gasteiger charge is 2.18. The van der Waals surface area contributed by atoms with Crippen LogP contribution in [0.4, 0.5) is 5.69 Å². The van der Waals surface area contributed by atoms with Gasteiger partial charge in [-0.15, -0.1) is 0 Å². The van der Waals surface area contributed by atoms with Crippen molar-refractivity contribution in [3.05, 3.63) is 65.2 Å². The SMILES string of the molecule is CC(C)c1ccc(N=c2oc3cc(O)ccc3cc2C(=O)NC[C@@H]2CCCO2)cc1. The van der Waals surface area contributed by atoms with E-state index in [1.165, 1.54) is 11.6 Å². The average molecular weight is 406 g/mol. The molecule has 1 fully saturated rings. The Hall–Kier alpha value is -3.12. The summed E-state index contributed by atoms with van der Waals surface area (Å²) < 4.78 is 11.5. The molecule has 0 unspecified atom stereocenters. The van der Waals surface area contributed by atoms with Crippen LogP contribution in [0.1, 0.15) is 48.5 Å². The van der Waals surface area contributed by atoms with Gasteiger partial charge in [-0.2, -0.15) is 0 Å². The Morgan fingerprint density at radius 2 is 2.00 bits per heavy atom. The van der Waals surface area contributed by atoms with Gasteiger partial charge in [0.1, 0.15) is 16.9 Å². The van der Waals surface area contributed by atoms with Crippen molar-refractivity contribution in [2.45, 2.75) is 38.7 Å². The molecule has 1 saturated heterocycles. The Balaban J connectivity index is 1.72. The van der Waals surface area contributed by atoms with Gasteiger partial charge in [0.05, 0.1) is 11.8 Å². The van der Waals surface area contributed by atoms with E-state index in [4.69, 9.17) is 9.15 Å². The zero-order valence-corrected chi connectivity index (χ0v) is 17.2. The van der Waals surface area contributed by atoms with E-state index < -0.39 is 0 Å². The van der Waals surface area contributed by atoms with Crippen LogP contribution in [0.5, 0.6) is 5.75 Å². The second-order valence-electron chi connectivity index (χ2n) is 7.89. The first-order valence-corrected chi connectivity index (χ1v) is 10.3. The Bertz CT molecular complexity index is 1110. The van der Waals surface area contributed by atoms with Crippen molar-refractivity contribution in [2.24, 2.45) is 4.99 Å². The van der Waals surface area contributed by atoms with Gasteiger partial charge in [-0.25, -0.2) is 4.99 Å². The molecule has 0 bridgehead atoms. The summed E-state index contributed by atoms with van der Waals surface area (Å²) in [4.78, 5) is 17.5. The number of rotatable bonds is 5. The summed E-state index contributed by atoms with van der Waals surface area (Å²) in [5, 5.41) is 13.4. The highest BCUT2D eigenvalue weighted by atomic mass is 16.5. The molecule has 1 aliphatic rings. The molecule has 30 heavy (non-hydrogen) atoms. The minimum Gasteiger partial charge on any atom is -0.508 e. The Labute approximate surface area is 175 Å². The third kappa shape index (κ3) is 4.54. The molecular formula is C24H26N2O4. The van der Waals surface area contributed by atoms with E-state index in [9.17, 15) is 9.90 Å². The first kappa shape index (κ1) is 20.2. The fourth-order valence-electron chi connectivity index (χ4n) is 3.51. The van der Waals surface area contributed by atoms with Gasteiger partial charge in [-0.1, -0.05) is 26.0 Å². The van der Waals surface area contributed by atoms with Crippen LogP contribution in [0.2, 0.25) is 0 Å². The highest BCUT2D eigenvalue weighted by Crippen LogP contribution is 2.21. The van der Waals surface area contributed by atoms with Crippen molar-refractivity contribution in [3.8, 4) is 5.75 Å². The van der Waals surface area contributed by atoms with E-state index in [2.05, 4.69) is 24.2 Å². The number of phenolic OH excluding ortho intramolecular Hbond substituents is 1. The molecule has 0 aliphatic carbocycles. The van der Waals surface area contributed by atoms with Gasteiger partial charge in [-0.05, 0) is 54.7 Å². The zero-order valence-electron chi connectivity index (χ0n) is 17.2. The lowest BCUT2D eigenvalue weighted by atomic mass is 10.0. The van der Waals surface area contributed by atoms with Crippen molar-refractivity contribution in [1.82, 2.24) is 5.32 Å². The van der Waals surface area contributed by atoms with E-state index in [1.807, 2.05) is 24.3 Å². The molecule has 6 nitrogen and oxygen atoms in total. The lowest BCUT2D eigenvalue weighted by Gasteiger charge is -2.11. The Morgan fingerprint density at radius 3 is 2.70 bits per heavy atom. The predicted molar refractivity (Wildman–Crippen MR) is 115 cm³/mol. The van der Waals surface area contributed by atoms with Crippen molar-refractivity contribution in [3.63, 3.8) is 0 Å². The van der Waals surface area contributed by atoms with Crippen LogP contribution in [0, 0.1) is 0 Å². The summed E-state index contributed by atoms with van der Waals surface area (Å²) in [5.41, 5.74) is 2.91. The number of fused-ring (bicyclic) bond motifs is 1. The predicted octanol–water partition coefficient (Wildman–Crippen LogP) is 4.40. The topological polar surface area (TPSA) is 84.1 Å². The van der Waals surface area contributed by atoms with Crippen LogP contribution in [-0.4, -0.2) is 30.3 Å². The molecule has 1 amide bonds. The van der Waals surface area contributed by atoms with E-state index in [-0.39, 0.29) is 23.3 Å². The molecule has 2 heterocycles. The van der Waals surface area contributed by atoms with E-state index >= 15 is 0 Å². The molecule has 6 heteroatoms. The van der Waals surface area contributed by atoms with Gasteiger partial charge in [0.15, 0.2) is 0 Å². The van der Waals surface area contributed by atoms with Gasteiger partial charge < -0.3 is 19.6 Å². The molecule has 4 rings (SSSR count). The van der Waals surface area contributed by atoms with Crippen LogP contribution in [0.25, 0.3) is 11.0 Å². The molecule has 1 atom stereocenters. The molecule has 1 aromatic heterocycles. The summed E-state index contributed by atoms with van der Waals surface area (Å²) in [7, 11) is 0. The quantitative estimate of drug-likeness (QED) is 0.658. The van der Waals surface area contributed by atoms with E-state index in [0.29, 0.717) is 34.7 Å². The van der Waals surface area contributed by atoms with Gasteiger partial charge in [0.25, 0.3) is 5.91 Å². The number of aromatic hydroxyl groups is 1. The number of carbonyl (C=O) groups is 1. The monoisotopic (exact) mass is 406 g/mol. The summed E-state index contributed by atoms with van der Waals surface area (Å²) in [6.07, 6.45) is 2.01. The largest absolute Gasteiger partial charge is 0.508 e. The minimum absolute atomic E-state index is 0.0484. The number of carbonyl (C=O) groups excluding carboxylic acids is 1. The molecule has 0 spiro atoms. The number of hydrogen-bond acceptors (Lipinski definition) is 5. The van der Waals surface area contributed by atoms with Gasteiger partial charge in [0.2, 0.25) is 5.55 Å². The average Bonchev–Trinajstić information content (AvgIpc) is 3.25. The standard InChI is InChI=1S/C24H26N2O4/c1-15(2)16-5-8-18(9-6-16)26-24-21(23(28)25-14-20-4-3-11-29-20)12-17-7-10-19(27)13-22(17)30-24/h5-10,12-13,15,20,27H,3-4,11,14H2,1-2H3,(H,25,28)/t20-/m0/s1. The van der Waals surface area contributed by atoms with Crippen LogP contribution in [0.3, 0.4) is 0 Å². The smallest absolute Gasteiger partial charge is 0.256 e. The lowest BCUT2D eigenvalue weighted by Crippen LogP contribution is -2.34. The summed E-state index contributed by atoms with van der Waals surface area (Å²) in [5.74, 6) is 0.252. The van der Waals surface area contributed by atoms with Crippen molar-refractivity contribution in [2.75, 3.05) is 13.2 Å². The summed E-state index contributed by atoms with van der Waals surface area (Å²) >= 11 is 0. The van der Waals surface area contributed by atoms with Gasteiger partial charge in [-0.3, -0.25) is 4.79 Å². The summed E-state index contributed by atoms with van der Waals surface area (Å²) in [6, 6.07) is 14.4. The second kappa shape index (κ2) is 8.71. The fourth-order valence-corrected chi connectivity index (χ4v) is 3.51. The van der Waals surface area contributed by atoms with Crippen LogP contribution in [-0.2, 0) is 4.74 Å². The van der Waals surface area contributed by atoms with Crippen LogP contribution < -0.4 is 10.9 Å². The van der Waals surface area contributed by atoms with Crippen molar-refractivity contribution < 1.29 is 19.1 Å². The molecule has 0 radical (unpaired) electrons. The minimum atomic E-state index is -0.262. The Kier molecular flexibility index (Phi) is 5.86. The van der Waals surface area contributed by atoms with Crippen LogP contribution in [0.15, 0.2) is 57.9 Å². The number of nitrogens with zero attached hydrogens (tertiary/aromatic N) is 1. The normalized spacial score (nSPS) is 17.0. The number of hydrogen-bond donors (Lipinski definition) is 2. The first-order valence-electron chi connectivity index (χ1n) is 10.3. The van der Waals surface area contributed by atoms with Crippen molar-refractivity contribution in [1.29, 1.82) is 0 Å². The third-order valence-corrected chi connectivity index (χ3v) is 5.28. The van der Waals surface area contributed by atoms with Gasteiger partial charge in [0, 0.05) is 24.6 Å². The number of phenols is 1. The maximum atomic E-state index is 12.9. The molecule has 2 N–H and O–H groups in total. The molecule has 0 saturated carbocycles. The van der Waals surface area contributed by atoms with Crippen LogP contribution >= 0.6 is 0 Å². The first-order chi connectivity index (χ1) is 14.5. The lowest BCUT2D eigenvalue weighted by molar-refractivity contribution is 0.0854. The fraction of sp³-hybridized carbons (Fsp3) is 0.333. The number of benzene rings is 2. The number of nitrogens with one attached hydrogen (secondary N) is 1. The van der Waals surface area contributed by atoms with Gasteiger partial charge >= 0.3 is 0 Å². The Morgan fingerprint density at radius 1 is 1.20 bits per heavy atom. The van der Waals surface area contributed by atoms with Crippen molar-refractivity contribution >= 4 is 22.6 Å². The molecule has 3 aromatic rings. The summed E-state index contributed by atoms with van der Waals surface area (Å²) in [6.45, 7) is 5.46. The highest BCUT2D eigenvalue weighted by molar-refractivity contribution is 5.96. The number of amides is 1. The molecular weight excluding hydrogens is 380 g/mol. The maximum Gasteiger partial charge on any atom is 0.256 e. The van der Waals surface area contributed by atoms with E-state index in [0.717, 1.165) is 19.4 Å².